The van der Waals surface area contributed by atoms with Gasteiger partial charge < -0.3 is 20.4 Å². The average Bonchev–Trinajstić information content (AvgIpc) is 3.13. The van der Waals surface area contributed by atoms with Crippen LogP contribution >= 0.6 is 0 Å². The molecule has 0 spiro atoms. The van der Waals surface area contributed by atoms with Crippen LogP contribution in [-0.2, 0) is 26.9 Å². The summed E-state index contributed by atoms with van der Waals surface area (Å²) < 4.78 is 43.3. The minimum atomic E-state index is -4.50. The number of esters is 1. The summed E-state index contributed by atoms with van der Waals surface area (Å²) in [4.78, 5) is 27.5. The second kappa shape index (κ2) is 9.00. The fourth-order valence-electron chi connectivity index (χ4n) is 3.19. The third kappa shape index (κ3) is 5.18. The lowest BCUT2D eigenvalue weighted by molar-refractivity contribution is -0.667. The summed E-state index contributed by atoms with van der Waals surface area (Å²) in [6.45, 7) is -0.154. The first-order valence-electron chi connectivity index (χ1n) is 9.21. The largest absolute Gasteiger partial charge is 0.465 e. The van der Waals surface area contributed by atoms with Crippen molar-refractivity contribution in [2.45, 2.75) is 18.6 Å². The minimum Gasteiger partial charge on any atom is -0.465 e. The van der Waals surface area contributed by atoms with E-state index in [-0.39, 0.29) is 12.2 Å². The molecule has 0 aliphatic rings. The van der Waals surface area contributed by atoms with Gasteiger partial charge in [-0.1, -0.05) is 24.3 Å². The van der Waals surface area contributed by atoms with E-state index in [1.54, 1.807) is 6.20 Å². The fourth-order valence-corrected chi connectivity index (χ4v) is 3.19. The summed E-state index contributed by atoms with van der Waals surface area (Å²) in [5.74, 6) is -1.02. The molecule has 2 aromatic carbocycles. The quantitative estimate of drug-likeness (QED) is 0.513. The maximum absolute atomic E-state index is 12.8. The lowest BCUT2D eigenvalue weighted by atomic mass is 10.0. The van der Waals surface area contributed by atoms with Gasteiger partial charge >= 0.3 is 12.1 Å². The number of hydrogen-bond acceptors (Lipinski definition) is 3. The molecule has 0 bridgehead atoms. The maximum Gasteiger partial charge on any atom is 0.416 e. The van der Waals surface area contributed by atoms with Crippen molar-refractivity contribution in [3.05, 3.63) is 65.9 Å². The SMILES string of the molecule is COC(=O)[C@H](Cc1c[nH]c2ccccc12)[NH2+]CC(=O)Nc1cccc(C(F)(F)F)c1. The molecule has 6 nitrogen and oxygen atoms in total. The molecule has 0 radical (unpaired) electrons. The number of nitrogens with one attached hydrogen (secondary N) is 2. The van der Waals surface area contributed by atoms with Crippen LogP contribution in [0.2, 0.25) is 0 Å². The van der Waals surface area contributed by atoms with Crippen LogP contribution in [0.5, 0.6) is 0 Å². The van der Waals surface area contributed by atoms with Gasteiger partial charge in [-0.2, -0.15) is 13.2 Å². The molecule has 4 N–H and O–H groups in total. The van der Waals surface area contributed by atoms with Crippen LogP contribution in [0.1, 0.15) is 11.1 Å². The van der Waals surface area contributed by atoms with Gasteiger partial charge in [0.05, 0.1) is 12.7 Å². The van der Waals surface area contributed by atoms with E-state index >= 15 is 0 Å². The van der Waals surface area contributed by atoms with Gasteiger partial charge in [-0.25, -0.2) is 4.79 Å². The number of aromatic amines is 1. The molecule has 9 heteroatoms. The predicted molar refractivity (Wildman–Crippen MR) is 105 cm³/mol. The third-order valence-electron chi connectivity index (χ3n) is 4.68. The van der Waals surface area contributed by atoms with Crippen LogP contribution in [0.25, 0.3) is 10.9 Å². The number of alkyl halides is 3. The van der Waals surface area contributed by atoms with Crippen molar-refractivity contribution in [3.63, 3.8) is 0 Å². The number of H-pyrrole nitrogens is 1. The number of halogens is 3. The summed E-state index contributed by atoms with van der Waals surface area (Å²) in [7, 11) is 1.26. The van der Waals surface area contributed by atoms with E-state index in [9.17, 15) is 22.8 Å². The number of benzene rings is 2. The lowest BCUT2D eigenvalue weighted by Crippen LogP contribution is -2.94. The number of carbonyl (C=O) groups excluding carboxylic acids is 2. The number of fused-ring (bicyclic) bond motifs is 1. The zero-order valence-corrected chi connectivity index (χ0v) is 16.1. The molecule has 0 aliphatic carbocycles. The van der Waals surface area contributed by atoms with Crippen LogP contribution in [0.15, 0.2) is 54.7 Å². The number of methoxy groups -OCH3 is 1. The average molecular weight is 420 g/mol. The summed E-state index contributed by atoms with van der Waals surface area (Å²) >= 11 is 0. The first-order valence-corrected chi connectivity index (χ1v) is 9.21. The minimum absolute atomic E-state index is 0.0365. The normalized spacial score (nSPS) is 12.5. The molecule has 0 aliphatic heterocycles. The second-order valence-corrected chi connectivity index (χ2v) is 6.76. The van der Waals surface area contributed by atoms with Crippen molar-refractivity contribution < 1.29 is 32.8 Å². The number of rotatable bonds is 7. The molecular formula is C21H21F3N3O3+. The number of anilines is 1. The molecule has 3 aromatic rings. The van der Waals surface area contributed by atoms with Gasteiger partial charge in [0.15, 0.2) is 12.6 Å². The Morgan fingerprint density at radius 2 is 1.93 bits per heavy atom. The lowest BCUT2D eigenvalue weighted by Gasteiger charge is -2.14. The van der Waals surface area contributed by atoms with Gasteiger partial charge in [0.25, 0.3) is 5.91 Å². The van der Waals surface area contributed by atoms with Gasteiger partial charge in [0.1, 0.15) is 0 Å². The first kappa shape index (κ1) is 21.4. The Kier molecular flexibility index (Phi) is 6.41. The van der Waals surface area contributed by atoms with E-state index in [1.165, 1.54) is 24.6 Å². The smallest absolute Gasteiger partial charge is 0.416 e. The highest BCUT2D eigenvalue weighted by Gasteiger charge is 2.30. The van der Waals surface area contributed by atoms with Gasteiger partial charge in [0.2, 0.25) is 0 Å². The van der Waals surface area contributed by atoms with Crippen molar-refractivity contribution in [3.8, 4) is 0 Å². The number of aromatic nitrogens is 1. The number of nitrogens with two attached hydrogens (primary N) is 1. The standard InChI is InChI=1S/C21H20F3N3O3/c1-30-20(29)18(9-13-11-25-17-8-3-2-7-16(13)17)26-12-19(28)27-15-6-4-5-14(10-15)21(22,23)24/h2-8,10-11,18,25-26H,9,12H2,1H3,(H,27,28)/p+1/t18-/m0/s1. The van der Waals surface area contributed by atoms with E-state index in [0.717, 1.165) is 28.6 Å². The Bertz CT molecular complexity index is 1050. The fraction of sp³-hybridized carbons (Fsp3) is 0.238. The summed E-state index contributed by atoms with van der Waals surface area (Å²) in [6.07, 6.45) is -2.37. The van der Waals surface area contributed by atoms with Crippen LogP contribution in [0.4, 0.5) is 18.9 Å². The van der Waals surface area contributed by atoms with Crippen LogP contribution in [0.3, 0.4) is 0 Å². The van der Waals surface area contributed by atoms with Crippen LogP contribution in [0, 0.1) is 0 Å². The number of hydrogen-bond donors (Lipinski definition) is 3. The van der Waals surface area contributed by atoms with Crippen molar-refractivity contribution >= 4 is 28.5 Å². The molecule has 0 saturated heterocycles. The molecule has 158 valence electrons. The molecule has 1 atom stereocenters. The van der Waals surface area contributed by atoms with Gasteiger partial charge in [-0.3, -0.25) is 4.79 Å². The first-order chi connectivity index (χ1) is 14.3. The molecule has 0 unspecified atom stereocenters. The van der Waals surface area contributed by atoms with Crippen molar-refractivity contribution in [2.24, 2.45) is 0 Å². The summed E-state index contributed by atoms with van der Waals surface area (Å²) in [5.41, 5.74) is 1.01. The second-order valence-electron chi connectivity index (χ2n) is 6.76. The Labute approximate surface area is 170 Å². The Morgan fingerprint density at radius 1 is 1.17 bits per heavy atom. The van der Waals surface area contributed by atoms with E-state index < -0.39 is 29.7 Å². The molecule has 1 amide bonds. The summed E-state index contributed by atoms with van der Waals surface area (Å²) in [5, 5.41) is 4.90. The highest BCUT2D eigenvalue weighted by Crippen LogP contribution is 2.30. The number of quaternary nitrogens is 1. The summed E-state index contributed by atoms with van der Waals surface area (Å²) in [6, 6.07) is 11.3. The zero-order chi connectivity index (χ0) is 21.7. The number of carbonyl (C=O) groups is 2. The Hall–Kier alpha value is -3.33. The highest BCUT2D eigenvalue weighted by molar-refractivity contribution is 5.91. The van der Waals surface area contributed by atoms with Crippen LogP contribution < -0.4 is 10.6 Å². The van der Waals surface area contributed by atoms with E-state index in [1.807, 2.05) is 24.3 Å². The van der Waals surface area contributed by atoms with Crippen LogP contribution in [-0.4, -0.2) is 36.6 Å². The number of para-hydroxylation sites is 1. The highest BCUT2D eigenvalue weighted by atomic mass is 19.4. The molecule has 30 heavy (non-hydrogen) atoms. The molecule has 1 aromatic heterocycles. The van der Waals surface area contributed by atoms with Crippen molar-refractivity contribution in [1.82, 2.24) is 4.98 Å². The molecular weight excluding hydrogens is 399 g/mol. The van der Waals surface area contributed by atoms with Gasteiger partial charge in [0, 0.05) is 29.2 Å². The van der Waals surface area contributed by atoms with Gasteiger partial charge in [-0.15, -0.1) is 0 Å². The third-order valence-corrected chi connectivity index (χ3v) is 4.68. The number of ether oxygens (including phenoxy) is 1. The van der Waals surface area contributed by atoms with E-state index in [0.29, 0.717) is 6.42 Å². The van der Waals surface area contributed by atoms with Crippen molar-refractivity contribution in [2.75, 3.05) is 19.0 Å². The Balaban J connectivity index is 1.65. The van der Waals surface area contributed by atoms with Gasteiger partial charge in [-0.05, 0) is 29.8 Å². The topological polar surface area (TPSA) is 87.8 Å². The zero-order valence-electron chi connectivity index (χ0n) is 16.1. The molecule has 3 rings (SSSR count). The Morgan fingerprint density at radius 3 is 2.67 bits per heavy atom. The monoisotopic (exact) mass is 420 g/mol. The molecule has 1 heterocycles. The van der Waals surface area contributed by atoms with E-state index in [2.05, 4.69) is 10.3 Å². The number of amides is 1. The predicted octanol–water partition coefficient (Wildman–Crippen LogP) is 2.47. The maximum atomic E-state index is 12.8. The molecule has 0 saturated carbocycles. The van der Waals surface area contributed by atoms with Crippen molar-refractivity contribution in [1.29, 1.82) is 0 Å². The molecule has 0 fully saturated rings. The van der Waals surface area contributed by atoms with E-state index in [4.69, 9.17) is 4.74 Å².